The lowest BCUT2D eigenvalue weighted by Gasteiger charge is -2.65. The van der Waals surface area contributed by atoms with Gasteiger partial charge in [-0.1, -0.05) is 34.6 Å². The lowest BCUT2D eigenvalue weighted by molar-refractivity contribution is -0.211. The van der Waals surface area contributed by atoms with Crippen molar-refractivity contribution in [3.05, 3.63) is 0 Å². The zero-order valence-corrected chi connectivity index (χ0v) is 20.4. The molecule has 3 N–H and O–H groups in total. The summed E-state index contributed by atoms with van der Waals surface area (Å²) in [6.45, 7) is 11.8. The van der Waals surface area contributed by atoms with Gasteiger partial charge in [-0.2, -0.15) is 0 Å². The van der Waals surface area contributed by atoms with Gasteiger partial charge in [-0.25, -0.2) is 0 Å². The van der Waals surface area contributed by atoms with Crippen LogP contribution in [0.2, 0.25) is 0 Å². The van der Waals surface area contributed by atoms with Gasteiger partial charge >= 0.3 is 5.97 Å². The van der Waals surface area contributed by atoms with E-state index < -0.39 is 5.97 Å². The third-order valence-corrected chi connectivity index (χ3v) is 11.2. The molecule has 4 rings (SSSR count). The predicted octanol–water partition coefficient (Wildman–Crippen LogP) is 5.36. The number of rotatable bonds is 5. The Kier molecular flexibility index (Phi) is 6.31. The summed E-state index contributed by atoms with van der Waals surface area (Å²) in [7, 11) is 0. The minimum atomic E-state index is -0.684. The highest BCUT2D eigenvalue weighted by molar-refractivity contribution is 5.66. The third kappa shape index (κ3) is 3.68. The number of aliphatic hydroxyl groups excluding tert-OH is 2. The van der Waals surface area contributed by atoms with Crippen molar-refractivity contribution in [3.63, 3.8) is 0 Å². The molecule has 0 bridgehead atoms. The monoisotopic (exact) mass is 434 g/mol. The average Bonchev–Trinajstić information content (AvgIpc) is 3.04. The Morgan fingerprint density at radius 2 is 1.58 bits per heavy atom. The Hall–Kier alpha value is -0.610. The first kappa shape index (κ1) is 23.5. The van der Waals surface area contributed by atoms with Crippen LogP contribution in [0.4, 0.5) is 0 Å². The number of aliphatic carboxylic acids is 1. The van der Waals surface area contributed by atoms with Crippen molar-refractivity contribution in [2.75, 3.05) is 0 Å². The van der Waals surface area contributed by atoms with Crippen molar-refractivity contribution < 1.29 is 20.1 Å². The van der Waals surface area contributed by atoms with E-state index in [-0.39, 0.29) is 35.4 Å². The van der Waals surface area contributed by atoms with Crippen molar-refractivity contribution in [2.45, 2.75) is 105 Å². The minimum absolute atomic E-state index is 0.206. The van der Waals surface area contributed by atoms with Crippen LogP contribution in [0.15, 0.2) is 0 Å². The standard InChI is InChI=1S/C27H46O4/c1-15(2)23-21-14-17(28)10-12-27(21,5)20-11-13-26(4)18(16(3)6-9-22(29)30)7-8-19(26)24(20)25(23)31/h15-21,23-25,28,31H,6-14H2,1-5H3,(H,29,30)/t16-,17-,18-,19+,20+,21+,23-,24+,25-,26-,27-/m1/s1. The molecule has 0 amide bonds. The molecule has 0 aliphatic heterocycles. The highest BCUT2D eigenvalue weighted by Crippen LogP contribution is 2.69. The normalized spacial score (nSPS) is 50.5. The molecule has 0 unspecified atom stereocenters. The second-order valence-electron chi connectivity index (χ2n) is 12.8. The number of carbonyl (C=O) groups is 1. The summed E-state index contributed by atoms with van der Waals surface area (Å²) in [4.78, 5) is 11.2. The van der Waals surface area contributed by atoms with Crippen LogP contribution in [0.3, 0.4) is 0 Å². The van der Waals surface area contributed by atoms with Crippen LogP contribution >= 0.6 is 0 Å². The molecule has 31 heavy (non-hydrogen) atoms. The van der Waals surface area contributed by atoms with Gasteiger partial charge in [0.1, 0.15) is 0 Å². The molecule has 0 saturated heterocycles. The summed E-state index contributed by atoms with van der Waals surface area (Å²) >= 11 is 0. The molecule has 0 radical (unpaired) electrons. The lowest BCUT2D eigenvalue weighted by Crippen LogP contribution is -2.63. The van der Waals surface area contributed by atoms with Gasteiger partial charge in [-0.15, -0.1) is 0 Å². The third-order valence-electron chi connectivity index (χ3n) is 11.2. The van der Waals surface area contributed by atoms with Crippen LogP contribution < -0.4 is 0 Å². The smallest absolute Gasteiger partial charge is 0.303 e. The van der Waals surface area contributed by atoms with Gasteiger partial charge < -0.3 is 15.3 Å². The maximum Gasteiger partial charge on any atom is 0.303 e. The summed E-state index contributed by atoms with van der Waals surface area (Å²) in [5.41, 5.74) is 0.450. The van der Waals surface area contributed by atoms with E-state index in [1.807, 2.05) is 0 Å². The first-order valence-electron chi connectivity index (χ1n) is 13.1. The van der Waals surface area contributed by atoms with Crippen molar-refractivity contribution in [2.24, 2.45) is 58.2 Å². The fraction of sp³-hybridized carbons (Fsp3) is 0.963. The molecule has 11 atom stereocenters. The van der Waals surface area contributed by atoms with E-state index >= 15 is 0 Å². The summed E-state index contributed by atoms with van der Waals surface area (Å²) in [5, 5.41) is 31.6. The quantitative estimate of drug-likeness (QED) is 0.544. The van der Waals surface area contributed by atoms with Gasteiger partial charge in [-0.05, 0) is 110 Å². The largest absolute Gasteiger partial charge is 0.481 e. The molecule has 0 spiro atoms. The number of carboxylic acid groups (broad SMARTS) is 1. The molecular formula is C27H46O4. The van der Waals surface area contributed by atoms with E-state index in [9.17, 15) is 20.1 Å². The summed E-state index contributed by atoms with van der Waals surface area (Å²) in [6.07, 6.45) is 8.19. The van der Waals surface area contributed by atoms with Gasteiger partial charge in [0.2, 0.25) is 0 Å². The molecule has 4 aliphatic carbocycles. The Morgan fingerprint density at radius 1 is 0.935 bits per heavy atom. The molecular weight excluding hydrogens is 388 g/mol. The van der Waals surface area contributed by atoms with Crippen molar-refractivity contribution in [3.8, 4) is 0 Å². The highest BCUT2D eigenvalue weighted by Gasteiger charge is 2.65. The molecule has 4 nitrogen and oxygen atoms in total. The topological polar surface area (TPSA) is 77.8 Å². The van der Waals surface area contributed by atoms with Crippen LogP contribution in [-0.2, 0) is 4.79 Å². The summed E-state index contributed by atoms with van der Waals surface area (Å²) in [6, 6.07) is 0. The fourth-order valence-corrected chi connectivity index (χ4v) is 9.72. The van der Waals surface area contributed by atoms with Gasteiger partial charge in [0, 0.05) is 6.42 Å². The fourth-order valence-electron chi connectivity index (χ4n) is 9.72. The molecule has 0 aromatic heterocycles. The van der Waals surface area contributed by atoms with Crippen LogP contribution in [-0.4, -0.2) is 33.5 Å². The molecule has 4 aliphatic rings. The van der Waals surface area contributed by atoms with E-state index in [0.29, 0.717) is 41.4 Å². The average molecular weight is 435 g/mol. The Bertz CT molecular complexity index is 676. The molecule has 0 aromatic carbocycles. The van der Waals surface area contributed by atoms with Crippen LogP contribution in [0, 0.1) is 58.2 Å². The first-order valence-corrected chi connectivity index (χ1v) is 13.1. The van der Waals surface area contributed by atoms with Crippen LogP contribution in [0.1, 0.15) is 92.4 Å². The molecule has 4 saturated carbocycles. The Balaban J connectivity index is 1.64. The van der Waals surface area contributed by atoms with Crippen molar-refractivity contribution in [1.29, 1.82) is 0 Å². The number of hydrogen-bond acceptors (Lipinski definition) is 3. The second-order valence-corrected chi connectivity index (χ2v) is 12.8. The van der Waals surface area contributed by atoms with Crippen molar-refractivity contribution in [1.82, 2.24) is 0 Å². The second kappa shape index (κ2) is 8.31. The Labute approximate surface area is 189 Å². The van der Waals surface area contributed by atoms with E-state index in [4.69, 9.17) is 0 Å². The summed E-state index contributed by atoms with van der Waals surface area (Å²) in [5.74, 6) is 2.89. The summed E-state index contributed by atoms with van der Waals surface area (Å²) < 4.78 is 0. The SMILES string of the molecule is CC(C)[C@H]1[C@@H](O)[C@@H]2[C@H](CC[C@]3(C)[C@@H]([C@H](C)CCC(=O)O)CC[C@@H]23)[C@@]2(C)CC[C@@H](O)C[C@@H]12. The molecule has 0 aromatic rings. The lowest BCUT2D eigenvalue weighted by atomic mass is 9.40. The zero-order valence-electron chi connectivity index (χ0n) is 20.4. The van der Waals surface area contributed by atoms with E-state index in [1.54, 1.807) is 0 Å². The highest BCUT2D eigenvalue weighted by atomic mass is 16.4. The van der Waals surface area contributed by atoms with Crippen molar-refractivity contribution >= 4 is 5.97 Å². The number of carboxylic acids is 1. The number of aliphatic hydroxyl groups is 2. The Morgan fingerprint density at radius 3 is 2.23 bits per heavy atom. The van der Waals surface area contributed by atoms with Gasteiger partial charge in [-0.3, -0.25) is 4.79 Å². The number of hydrogen-bond donors (Lipinski definition) is 3. The molecule has 4 heteroatoms. The maximum absolute atomic E-state index is 11.9. The zero-order chi connectivity index (χ0) is 22.7. The van der Waals surface area contributed by atoms with Crippen LogP contribution in [0.5, 0.6) is 0 Å². The molecule has 4 fully saturated rings. The van der Waals surface area contributed by atoms with Crippen LogP contribution in [0.25, 0.3) is 0 Å². The van der Waals surface area contributed by atoms with E-state index in [1.165, 1.54) is 25.7 Å². The maximum atomic E-state index is 11.9. The number of fused-ring (bicyclic) bond motifs is 5. The minimum Gasteiger partial charge on any atom is -0.481 e. The van der Waals surface area contributed by atoms with Gasteiger partial charge in [0.15, 0.2) is 0 Å². The molecule has 0 heterocycles. The van der Waals surface area contributed by atoms with Gasteiger partial charge in [0.05, 0.1) is 12.2 Å². The predicted molar refractivity (Wildman–Crippen MR) is 122 cm³/mol. The van der Waals surface area contributed by atoms with E-state index in [2.05, 4.69) is 34.6 Å². The first-order chi connectivity index (χ1) is 14.5. The van der Waals surface area contributed by atoms with Gasteiger partial charge in [0.25, 0.3) is 0 Å². The molecule has 178 valence electrons. The van der Waals surface area contributed by atoms with E-state index in [0.717, 1.165) is 25.7 Å².